The highest BCUT2D eigenvalue weighted by Crippen LogP contribution is 2.21. The average molecular weight is 289 g/mol. The van der Waals surface area contributed by atoms with Crippen molar-refractivity contribution in [2.75, 3.05) is 17.2 Å². The molecule has 0 fully saturated rings. The van der Waals surface area contributed by atoms with Crippen LogP contribution in [0.2, 0.25) is 0 Å². The molecule has 6 nitrogen and oxygen atoms in total. The van der Waals surface area contributed by atoms with E-state index in [4.69, 9.17) is 11.5 Å². The Balaban J connectivity index is 2.37. The molecule has 0 aliphatic rings. The lowest BCUT2D eigenvalue weighted by atomic mass is 10.1. The molecule has 110 valence electrons. The van der Waals surface area contributed by atoms with Gasteiger partial charge in [-0.1, -0.05) is 18.2 Å². The van der Waals surface area contributed by atoms with Crippen LogP contribution in [0.1, 0.15) is 11.3 Å². The Morgan fingerprint density at radius 2 is 2.05 bits per heavy atom. The van der Waals surface area contributed by atoms with Crippen LogP contribution in [0, 0.1) is 12.7 Å². The first-order valence-corrected chi connectivity index (χ1v) is 6.32. The number of nitrogens with zero attached hydrogens (tertiary/aromatic N) is 3. The first-order valence-electron chi connectivity index (χ1n) is 6.32. The topological polar surface area (TPSA) is 98.1 Å². The summed E-state index contributed by atoms with van der Waals surface area (Å²) in [7, 11) is 0. The van der Waals surface area contributed by atoms with Crippen molar-refractivity contribution in [3.8, 4) is 0 Å². The molecule has 21 heavy (non-hydrogen) atoms. The van der Waals surface area contributed by atoms with E-state index in [1.54, 1.807) is 18.2 Å². The van der Waals surface area contributed by atoms with Crippen LogP contribution in [-0.2, 0) is 11.3 Å². The number of benzene rings is 1. The number of hydrogen-bond acceptors (Lipinski definition) is 5. The number of carbonyl (C=O) groups is 1. The van der Waals surface area contributed by atoms with Crippen LogP contribution in [0.4, 0.5) is 15.9 Å². The molecule has 0 saturated heterocycles. The van der Waals surface area contributed by atoms with Gasteiger partial charge in [-0.05, 0) is 18.6 Å². The largest absolute Gasteiger partial charge is 0.398 e. The van der Waals surface area contributed by atoms with Gasteiger partial charge in [-0.25, -0.2) is 14.4 Å². The van der Waals surface area contributed by atoms with Crippen molar-refractivity contribution in [2.24, 2.45) is 5.73 Å². The second-order valence-corrected chi connectivity index (χ2v) is 4.62. The number of anilines is 2. The van der Waals surface area contributed by atoms with E-state index in [9.17, 15) is 9.18 Å². The van der Waals surface area contributed by atoms with Crippen LogP contribution in [0.5, 0.6) is 0 Å². The van der Waals surface area contributed by atoms with Gasteiger partial charge < -0.3 is 16.4 Å². The fourth-order valence-electron chi connectivity index (χ4n) is 1.94. The molecule has 2 aromatic rings. The summed E-state index contributed by atoms with van der Waals surface area (Å²) in [4.78, 5) is 20.4. The van der Waals surface area contributed by atoms with Crippen LogP contribution in [0.3, 0.4) is 0 Å². The number of nitrogen functional groups attached to an aromatic ring is 1. The summed E-state index contributed by atoms with van der Waals surface area (Å²) < 4.78 is 14.2. The van der Waals surface area contributed by atoms with Crippen molar-refractivity contribution >= 4 is 17.4 Å². The molecule has 0 saturated carbocycles. The predicted octanol–water partition coefficient (Wildman–Crippen LogP) is 0.998. The number of amides is 1. The number of carbonyl (C=O) groups excluding carboxylic acids is 1. The van der Waals surface area contributed by atoms with Gasteiger partial charge in [0.1, 0.15) is 6.33 Å². The Labute approximate surface area is 121 Å². The van der Waals surface area contributed by atoms with E-state index in [0.29, 0.717) is 5.69 Å². The summed E-state index contributed by atoms with van der Waals surface area (Å²) in [6.07, 6.45) is 1.25. The van der Waals surface area contributed by atoms with Gasteiger partial charge in [-0.15, -0.1) is 0 Å². The highest BCUT2D eigenvalue weighted by molar-refractivity contribution is 5.79. The van der Waals surface area contributed by atoms with Crippen LogP contribution in [0.15, 0.2) is 30.6 Å². The van der Waals surface area contributed by atoms with Gasteiger partial charge in [-0.2, -0.15) is 0 Å². The third-order valence-electron chi connectivity index (χ3n) is 3.01. The van der Waals surface area contributed by atoms with Gasteiger partial charge in [-0.3, -0.25) is 4.79 Å². The molecule has 0 spiro atoms. The maximum absolute atomic E-state index is 14.2. The van der Waals surface area contributed by atoms with E-state index >= 15 is 0 Å². The molecule has 0 radical (unpaired) electrons. The SMILES string of the molecule is Cc1ncnc(N(CC(N)=O)Cc2ccccc2N)c1F. The summed E-state index contributed by atoms with van der Waals surface area (Å²) >= 11 is 0. The van der Waals surface area contributed by atoms with Crippen LogP contribution in [0.25, 0.3) is 0 Å². The third kappa shape index (κ3) is 3.44. The molecule has 7 heteroatoms. The Bertz CT molecular complexity index is 662. The van der Waals surface area contributed by atoms with Crippen molar-refractivity contribution < 1.29 is 9.18 Å². The number of halogens is 1. The van der Waals surface area contributed by atoms with Crippen molar-refractivity contribution in [3.05, 3.63) is 47.7 Å². The monoisotopic (exact) mass is 289 g/mol. The molecule has 0 atom stereocenters. The summed E-state index contributed by atoms with van der Waals surface area (Å²) in [6, 6.07) is 7.15. The molecule has 0 bridgehead atoms. The zero-order chi connectivity index (χ0) is 15.4. The minimum Gasteiger partial charge on any atom is -0.398 e. The zero-order valence-electron chi connectivity index (χ0n) is 11.6. The van der Waals surface area contributed by atoms with E-state index < -0.39 is 11.7 Å². The maximum atomic E-state index is 14.2. The summed E-state index contributed by atoms with van der Waals surface area (Å²) in [5.74, 6) is -1.13. The van der Waals surface area contributed by atoms with Crippen molar-refractivity contribution in [2.45, 2.75) is 13.5 Å². The molecular formula is C14H16FN5O. The minimum atomic E-state index is -0.583. The highest BCUT2D eigenvalue weighted by Gasteiger charge is 2.18. The first kappa shape index (κ1) is 14.7. The molecule has 1 aromatic heterocycles. The second-order valence-electron chi connectivity index (χ2n) is 4.62. The van der Waals surface area contributed by atoms with Crippen molar-refractivity contribution in [1.29, 1.82) is 0 Å². The van der Waals surface area contributed by atoms with Crippen LogP contribution >= 0.6 is 0 Å². The summed E-state index contributed by atoms with van der Waals surface area (Å²) in [6.45, 7) is 1.59. The lowest BCUT2D eigenvalue weighted by Crippen LogP contribution is -2.35. The normalized spacial score (nSPS) is 10.4. The number of aryl methyl sites for hydroxylation is 1. The van der Waals surface area contributed by atoms with E-state index in [2.05, 4.69) is 9.97 Å². The molecule has 0 aliphatic carbocycles. The fourth-order valence-corrected chi connectivity index (χ4v) is 1.94. The number of primary amides is 1. The maximum Gasteiger partial charge on any atom is 0.237 e. The molecule has 0 aliphatic heterocycles. The van der Waals surface area contributed by atoms with Gasteiger partial charge in [0.25, 0.3) is 0 Å². The third-order valence-corrected chi connectivity index (χ3v) is 3.01. The van der Waals surface area contributed by atoms with Crippen LogP contribution < -0.4 is 16.4 Å². The lowest BCUT2D eigenvalue weighted by molar-refractivity contribution is -0.116. The average Bonchev–Trinajstić information content (AvgIpc) is 2.43. The lowest BCUT2D eigenvalue weighted by Gasteiger charge is -2.23. The standard InChI is InChI=1S/C14H16FN5O/c1-9-13(15)14(19-8-18-9)20(7-12(17)21)6-10-4-2-3-5-11(10)16/h2-5,8H,6-7,16H2,1H3,(H2,17,21). The van der Waals surface area contributed by atoms with Gasteiger partial charge in [0, 0.05) is 12.2 Å². The molecule has 4 N–H and O–H groups in total. The molecular weight excluding hydrogens is 273 g/mol. The van der Waals surface area contributed by atoms with Crippen LogP contribution in [-0.4, -0.2) is 22.4 Å². The van der Waals surface area contributed by atoms with E-state index in [0.717, 1.165) is 5.56 Å². The van der Waals surface area contributed by atoms with Crippen molar-refractivity contribution in [1.82, 2.24) is 9.97 Å². The Morgan fingerprint density at radius 1 is 1.33 bits per heavy atom. The fraction of sp³-hybridized carbons (Fsp3) is 0.214. The Hall–Kier alpha value is -2.70. The van der Waals surface area contributed by atoms with Gasteiger partial charge in [0.05, 0.1) is 12.2 Å². The molecule has 2 rings (SSSR count). The van der Waals surface area contributed by atoms with Gasteiger partial charge in [0.15, 0.2) is 11.6 Å². The van der Waals surface area contributed by atoms with Gasteiger partial charge >= 0.3 is 0 Å². The second kappa shape index (κ2) is 6.17. The van der Waals surface area contributed by atoms with E-state index in [1.807, 2.05) is 6.07 Å². The quantitative estimate of drug-likeness (QED) is 0.800. The number of hydrogen-bond donors (Lipinski definition) is 2. The number of aromatic nitrogens is 2. The molecule has 1 heterocycles. The van der Waals surface area contributed by atoms with Crippen molar-refractivity contribution in [3.63, 3.8) is 0 Å². The Morgan fingerprint density at radius 3 is 2.71 bits per heavy atom. The summed E-state index contributed by atoms with van der Waals surface area (Å²) in [5.41, 5.74) is 12.6. The van der Waals surface area contributed by atoms with E-state index in [1.165, 1.54) is 18.2 Å². The van der Waals surface area contributed by atoms with E-state index in [-0.39, 0.29) is 24.6 Å². The molecule has 1 aromatic carbocycles. The molecule has 1 amide bonds. The zero-order valence-corrected chi connectivity index (χ0v) is 11.6. The smallest absolute Gasteiger partial charge is 0.237 e. The molecule has 0 unspecified atom stereocenters. The summed E-state index contributed by atoms with van der Waals surface area (Å²) in [5, 5.41) is 0. The minimum absolute atomic E-state index is 0.0320. The number of para-hydroxylation sites is 1. The first-order chi connectivity index (χ1) is 9.99. The van der Waals surface area contributed by atoms with Gasteiger partial charge in [0.2, 0.25) is 5.91 Å². The number of rotatable bonds is 5. The highest BCUT2D eigenvalue weighted by atomic mass is 19.1. The Kier molecular flexibility index (Phi) is 4.32. The predicted molar refractivity (Wildman–Crippen MR) is 77.8 cm³/mol. The number of nitrogens with two attached hydrogens (primary N) is 2.